The van der Waals surface area contributed by atoms with Crippen molar-refractivity contribution in [2.24, 2.45) is 0 Å². The Balaban J connectivity index is 2.35. The van der Waals surface area contributed by atoms with Crippen LogP contribution in [-0.2, 0) is 0 Å². The summed E-state index contributed by atoms with van der Waals surface area (Å²) in [5.41, 5.74) is 2.40. The maximum Gasteiger partial charge on any atom is 0.144 e. The number of nitrogens with one attached hydrogen (secondary N) is 1. The van der Waals surface area contributed by atoms with Gasteiger partial charge in [-0.2, -0.15) is 0 Å². The molecule has 1 aromatic rings. The van der Waals surface area contributed by atoms with E-state index in [1.807, 2.05) is 12.1 Å². The van der Waals surface area contributed by atoms with Gasteiger partial charge in [0.1, 0.15) is 11.4 Å². The maximum absolute atomic E-state index is 5.35. The van der Waals surface area contributed by atoms with Gasteiger partial charge in [-0.1, -0.05) is 13.0 Å². The minimum atomic E-state index is 0.938. The lowest BCUT2D eigenvalue weighted by atomic mass is 10.1. The molecule has 1 aromatic carbocycles. The van der Waals surface area contributed by atoms with Crippen LogP contribution in [0.1, 0.15) is 13.3 Å². The van der Waals surface area contributed by atoms with Crippen molar-refractivity contribution in [1.82, 2.24) is 0 Å². The van der Waals surface area contributed by atoms with Crippen LogP contribution in [0.4, 0.5) is 11.4 Å². The van der Waals surface area contributed by atoms with Crippen LogP contribution in [0.3, 0.4) is 0 Å². The van der Waals surface area contributed by atoms with E-state index in [1.165, 1.54) is 12.1 Å². The fraction of sp³-hybridized carbons (Fsp3) is 0.500. The summed E-state index contributed by atoms with van der Waals surface area (Å²) in [5.74, 6) is 0.938. The van der Waals surface area contributed by atoms with Crippen LogP contribution < -0.4 is 15.0 Å². The monoisotopic (exact) mass is 206 g/mol. The van der Waals surface area contributed by atoms with Crippen molar-refractivity contribution in [3.8, 4) is 5.75 Å². The molecule has 0 atom stereocenters. The van der Waals surface area contributed by atoms with Crippen LogP contribution in [-0.4, -0.2) is 26.7 Å². The number of hydrogen-bond donors (Lipinski definition) is 1. The molecule has 0 spiro atoms. The second kappa shape index (κ2) is 4.43. The van der Waals surface area contributed by atoms with Gasteiger partial charge < -0.3 is 15.0 Å². The molecule has 0 bridgehead atoms. The third-order valence-electron chi connectivity index (χ3n) is 2.74. The molecular formula is C12H18N2O. The first-order chi connectivity index (χ1) is 7.36. The van der Waals surface area contributed by atoms with Gasteiger partial charge in [-0.25, -0.2) is 0 Å². The van der Waals surface area contributed by atoms with Crippen LogP contribution >= 0.6 is 0 Å². The number of rotatable bonds is 3. The van der Waals surface area contributed by atoms with Gasteiger partial charge in [-0.05, 0) is 18.6 Å². The van der Waals surface area contributed by atoms with Gasteiger partial charge in [0.05, 0.1) is 12.8 Å². The lowest BCUT2D eigenvalue weighted by Gasteiger charge is -2.32. The molecular weight excluding hydrogens is 188 g/mol. The molecule has 0 radical (unpaired) electrons. The average Bonchev–Trinajstić information content (AvgIpc) is 2.29. The first-order valence-electron chi connectivity index (χ1n) is 5.52. The van der Waals surface area contributed by atoms with E-state index in [4.69, 9.17) is 4.74 Å². The topological polar surface area (TPSA) is 24.5 Å². The molecule has 3 heteroatoms. The van der Waals surface area contributed by atoms with Crippen LogP contribution in [0.5, 0.6) is 5.75 Å². The summed E-state index contributed by atoms with van der Waals surface area (Å²) in [4.78, 5) is 2.41. The molecule has 0 fully saturated rings. The van der Waals surface area contributed by atoms with Gasteiger partial charge in [0.25, 0.3) is 0 Å². The highest BCUT2D eigenvalue weighted by atomic mass is 16.5. The normalized spacial score (nSPS) is 14.4. The molecule has 0 aliphatic carbocycles. The van der Waals surface area contributed by atoms with Crippen LogP contribution in [0.2, 0.25) is 0 Å². The molecule has 1 aliphatic heterocycles. The predicted molar refractivity (Wildman–Crippen MR) is 64.0 cm³/mol. The zero-order valence-electron chi connectivity index (χ0n) is 9.42. The molecule has 0 aromatic heterocycles. The average molecular weight is 206 g/mol. The van der Waals surface area contributed by atoms with Crippen molar-refractivity contribution in [2.75, 3.05) is 37.0 Å². The number of hydrogen-bond acceptors (Lipinski definition) is 3. The molecule has 15 heavy (non-hydrogen) atoms. The van der Waals surface area contributed by atoms with E-state index in [0.717, 1.165) is 31.1 Å². The summed E-state index contributed by atoms with van der Waals surface area (Å²) >= 11 is 0. The van der Waals surface area contributed by atoms with Gasteiger partial charge in [0.15, 0.2) is 0 Å². The number of methoxy groups -OCH3 is 1. The first kappa shape index (κ1) is 10.1. The van der Waals surface area contributed by atoms with Gasteiger partial charge in [0.2, 0.25) is 0 Å². The number of fused-ring (bicyclic) bond motifs is 1. The zero-order valence-corrected chi connectivity index (χ0v) is 9.42. The van der Waals surface area contributed by atoms with E-state index in [1.54, 1.807) is 7.11 Å². The van der Waals surface area contributed by atoms with Crippen molar-refractivity contribution in [2.45, 2.75) is 13.3 Å². The molecule has 82 valence electrons. The standard InChI is InChI=1S/C12H18N2O/c1-3-8-14-9-7-13-12-10(14)5-4-6-11(12)15-2/h4-6,13H,3,7-9H2,1-2H3. The Morgan fingerprint density at radius 1 is 1.47 bits per heavy atom. The molecule has 1 N–H and O–H groups in total. The van der Waals surface area contributed by atoms with Crippen LogP contribution in [0.15, 0.2) is 18.2 Å². The molecule has 0 saturated heterocycles. The highest BCUT2D eigenvalue weighted by Crippen LogP contribution is 2.36. The van der Waals surface area contributed by atoms with Gasteiger partial charge in [-0.15, -0.1) is 0 Å². The van der Waals surface area contributed by atoms with Crippen molar-refractivity contribution in [3.05, 3.63) is 18.2 Å². The fourth-order valence-electron chi connectivity index (χ4n) is 2.07. The predicted octanol–water partition coefficient (Wildman–Crippen LogP) is 2.34. The molecule has 0 unspecified atom stereocenters. The van der Waals surface area contributed by atoms with Crippen molar-refractivity contribution in [3.63, 3.8) is 0 Å². The molecule has 3 nitrogen and oxygen atoms in total. The minimum absolute atomic E-state index is 0.938. The lowest BCUT2D eigenvalue weighted by Crippen LogP contribution is -2.34. The molecule has 0 amide bonds. The largest absolute Gasteiger partial charge is 0.495 e. The van der Waals surface area contributed by atoms with E-state index < -0.39 is 0 Å². The highest BCUT2D eigenvalue weighted by Gasteiger charge is 2.18. The Hall–Kier alpha value is -1.38. The van der Waals surface area contributed by atoms with Crippen LogP contribution in [0, 0.1) is 0 Å². The third-order valence-corrected chi connectivity index (χ3v) is 2.74. The quantitative estimate of drug-likeness (QED) is 0.821. The number of anilines is 2. The summed E-state index contributed by atoms with van der Waals surface area (Å²) in [6.07, 6.45) is 1.18. The van der Waals surface area contributed by atoms with E-state index >= 15 is 0 Å². The Kier molecular flexibility index (Phi) is 2.99. The van der Waals surface area contributed by atoms with Crippen molar-refractivity contribution < 1.29 is 4.74 Å². The second-order valence-electron chi connectivity index (χ2n) is 3.77. The molecule has 0 saturated carbocycles. The van der Waals surface area contributed by atoms with Gasteiger partial charge in [-0.3, -0.25) is 0 Å². The zero-order chi connectivity index (χ0) is 10.7. The number of ether oxygens (including phenoxy) is 1. The summed E-state index contributed by atoms with van der Waals surface area (Å²) in [6, 6.07) is 6.20. The van der Waals surface area contributed by atoms with Crippen molar-refractivity contribution in [1.29, 1.82) is 0 Å². The number of para-hydroxylation sites is 1. The van der Waals surface area contributed by atoms with Crippen molar-refractivity contribution >= 4 is 11.4 Å². The lowest BCUT2D eigenvalue weighted by molar-refractivity contribution is 0.416. The molecule has 1 aliphatic rings. The van der Waals surface area contributed by atoms with E-state index in [0.29, 0.717) is 0 Å². The highest BCUT2D eigenvalue weighted by molar-refractivity contribution is 5.78. The summed E-state index contributed by atoms with van der Waals surface area (Å²) in [7, 11) is 1.72. The Morgan fingerprint density at radius 2 is 2.33 bits per heavy atom. The summed E-state index contributed by atoms with van der Waals surface area (Å²) in [6.45, 7) is 5.39. The summed E-state index contributed by atoms with van der Waals surface area (Å²) < 4.78 is 5.35. The van der Waals surface area contributed by atoms with E-state index in [2.05, 4.69) is 23.2 Å². The number of benzene rings is 1. The van der Waals surface area contributed by atoms with E-state index in [9.17, 15) is 0 Å². The third kappa shape index (κ3) is 1.87. The SMILES string of the molecule is CCCN1CCNc2c(OC)cccc21. The Bertz CT molecular complexity index is 338. The Morgan fingerprint density at radius 3 is 3.07 bits per heavy atom. The van der Waals surface area contributed by atoms with Gasteiger partial charge >= 0.3 is 0 Å². The van der Waals surface area contributed by atoms with E-state index in [-0.39, 0.29) is 0 Å². The molecule has 1 heterocycles. The maximum atomic E-state index is 5.35. The Labute approximate surface area is 91.0 Å². The fourth-order valence-corrected chi connectivity index (χ4v) is 2.07. The minimum Gasteiger partial charge on any atom is -0.495 e. The number of nitrogens with zero attached hydrogens (tertiary/aromatic N) is 1. The summed E-state index contributed by atoms with van der Waals surface area (Å²) in [5, 5.41) is 3.40. The second-order valence-corrected chi connectivity index (χ2v) is 3.77. The van der Waals surface area contributed by atoms with Gasteiger partial charge in [0, 0.05) is 19.6 Å². The van der Waals surface area contributed by atoms with Crippen LogP contribution in [0.25, 0.3) is 0 Å². The smallest absolute Gasteiger partial charge is 0.144 e. The molecule has 2 rings (SSSR count). The first-order valence-corrected chi connectivity index (χ1v) is 5.52.